The van der Waals surface area contributed by atoms with Crippen LogP contribution in [0.5, 0.6) is 0 Å². The smallest absolute Gasteiger partial charge is 0.00488 e. The quantitative estimate of drug-likeness (QED) is 0.626. The molecule has 0 heterocycles. The van der Waals surface area contributed by atoms with Gasteiger partial charge in [0, 0.05) is 0 Å². The third-order valence-corrected chi connectivity index (χ3v) is 2.80. The van der Waals surface area contributed by atoms with Crippen molar-refractivity contribution in [2.75, 3.05) is 6.54 Å². The standard InChI is InChI=1S/C9H19N/c1-2-8-4-3-5-9(6-8)7-10/h8-9H,2-7,10H2,1H3/t8?,9-/m1/s1. The van der Waals surface area contributed by atoms with E-state index < -0.39 is 0 Å². The minimum absolute atomic E-state index is 0.846. The number of rotatable bonds is 2. The van der Waals surface area contributed by atoms with Crippen LogP contribution in [0.1, 0.15) is 39.0 Å². The lowest BCUT2D eigenvalue weighted by atomic mass is 9.80. The highest BCUT2D eigenvalue weighted by Crippen LogP contribution is 2.29. The molecule has 0 radical (unpaired) electrons. The third kappa shape index (κ3) is 1.98. The van der Waals surface area contributed by atoms with Gasteiger partial charge in [0.25, 0.3) is 0 Å². The van der Waals surface area contributed by atoms with Gasteiger partial charge in [-0.1, -0.05) is 26.2 Å². The van der Waals surface area contributed by atoms with Gasteiger partial charge < -0.3 is 5.73 Å². The maximum atomic E-state index is 5.62. The summed E-state index contributed by atoms with van der Waals surface area (Å²) in [5.41, 5.74) is 5.62. The van der Waals surface area contributed by atoms with Crippen molar-refractivity contribution in [3.63, 3.8) is 0 Å². The summed E-state index contributed by atoms with van der Waals surface area (Å²) in [7, 11) is 0. The first-order valence-electron chi connectivity index (χ1n) is 4.56. The summed E-state index contributed by atoms with van der Waals surface area (Å²) in [6.07, 6.45) is 7.00. The second kappa shape index (κ2) is 3.97. The van der Waals surface area contributed by atoms with Gasteiger partial charge in [-0.3, -0.25) is 0 Å². The van der Waals surface area contributed by atoms with Crippen molar-refractivity contribution in [3.8, 4) is 0 Å². The SMILES string of the molecule is CCC1CCC[C@@H](CN)C1. The zero-order valence-corrected chi connectivity index (χ0v) is 6.97. The van der Waals surface area contributed by atoms with E-state index in [1.165, 1.54) is 32.1 Å². The molecule has 0 aliphatic heterocycles. The van der Waals surface area contributed by atoms with Crippen LogP contribution in [0, 0.1) is 11.8 Å². The van der Waals surface area contributed by atoms with Gasteiger partial charge in [0.2, 0.25) is 0 Å². The Kier molecular flexibility index (Phi) is 3.20. The second-order valence-electron chi connectivity index (χ2n) is 3.54. The topological polar surface area (TPSA) is 26.0 Å². The highest BCUT2D eigenvalue weighted by molar-refractivity contribution is 4.72. The van der Waals surface area contributed by atoms with Gasteiger partial charge in [0.05, 0.1) is 0 Å². The van der Waals surface area contributed by atoms with Crippen molar-refractivity contribution in [3.05, 3.63) is 0 Å². The fourth-order valence-corrected chi connectivity index (χ4v) is 1.99. The van der Waals surface area contributed by atoms with E-state index in [0.717, 1.165) is 18.4 Å². The fraction of sp³-hybridized carbons (Fsp3) is 1.00. The summed E-state index contributed by atoms with van der Waals surface area (Å²) in [4.78, 5) is 0. The predicted octanol–water partition coefficient (Wildman–Crippen LogP) is 2.16. The average Bonchev–Trinajstić information content (AvgIpc) is 2.05. The molecular formula is C9H19N. The fourth-order valence-electron chi connectivity index (χ4n) is 1.99. The van der Waals surface area contributed by atoms with Crippen LogP contribution in [0.2, 0.25) is 0 Å². The molecule has 1 nitrogen and oxygen atoms in total. The molecule has 1 saturated carbocycles. The molecule has 1 aliphatic rings. The summed E-state index contributed by atoms with van der Waals surface area (Å²) >= 11 is 0. The molecular weight excluding hydrogens is 122 g/mol. The van der Waals surface area contributed by atoms with Crippen LogP contribution >= 0.6 is 0 Å². The Bertz CT molecular complexity index is 80.7. The number of hydrogen-bond acceptors (Lipinski definition) is 1. The molecule has 10 heavy (non-hydrogen) atoms. The molecule has 0 spiro atoms. The molecule has 1 heteroatoms. The van der Waals surface area contributed by atoms with Gasteiger partial charge >= 0.3 is 0 Å². The lowest BCUT2D eigenvalue weighted by Crippen LogP contribution is -2.22. The summed E-state index contributed by atoms with van der Waals surface area (Å²) in [5.74, 6) is 1.83. The molecule has 2 atom stereocenters. The summed E-state index contributed by atoms with van der Waals surface area (Å²) in [5, 5.41) is 0. The van der Waals surface area contributed by atoms with Crippen molar-refractivity contribution < 1.29 is 0 Å². The van der Waals surface area contributed by atoms with E-state index in [-0.39, 0.29) is 0 Å². The van der Waals surface area contributed by atoms with E-state index in [1.54, 1.807) is 0 Å². The van der Waals surface area contributed by atoms with Gasteiger partial charge in [-0.2, -0.15) is 0 Å². The first-order chi connectivity index (χ1) is 4.86. The first kappa shape index (κ1) is 8.06. The van der Waals surface area contributed by atoms with E-state index in [9.17, 15) is 0 Å². The summed E-state index contributed by atoms with van der Waals surface area (Å²) < 4.78 is 0. The van der Waals surface area contributed by atoms with Crippen molar-refractivity contribution >= 4 is 0 Å². The molecule has 0 aromatic heterocycles. The molecule has 0 amide bonds. The third-order valence-electron chi connectivity index (χ3n) is 2.80. The molecule has 0 aromatic carbocycles. The first-order valence-corrected chi connectivity index (χ1v) is 4.56. The van der Waals surface area contributed by atoms with Crippen molar-refractivity contribution in [2.24, 2.45) is 17.6 Å². The lowest BCUT2D eigenvalue weighted by Gasteiger charge is -2.27. The number of nitrogens with two attached hydrogens (primary N) is 1. The van der Waals surface area contributed by atoms with Crippen LogP contribution in [-0.4, -0.2) is 6.54 Å². The second-order valence-corrected chi connectivity index (χ2v) is 3.54. The largest absolute Gasteiger partial charge is 0.330 e. The molecule has 1 aliphatic carbocycles. The van der Waals surface area contributed by atoms with Crippen LogP contribution in [0.3, 0.4) is 0 Å². The van der Waals surface area contributed by atoms with Crippen LogP contribution < -0.4 is 5.73 Å². The van der Waals surface area contributed by atoms with E-state index in [0.29, 0.717) is 0 Å². The zero-order valence-electron chi connectivity index (χ0n) is 6.97. The molecule has 0 bridgehead atoms. The van der Waals surface area contributed by atoms with Crippen LogP contribution in [0.15, 0.2) is 0 Å². The van der Waals surface area contributed by atoms with Gasteiger partial charge in [0.15, 0.2) is 0 Å². The van der Waals surface area contributed by atoms with Crippen LogP contribution in [0.4, 0.5) is 0 Å². The van der Waals surface area contributed by atoms with Crippen LogP contribution in [0.25, 0.3) is 0 Å². The zero-order chi connectivity index (χ0) is 7.40. The summed E-state index contributed by atoms with van der Waals surface area (Å²) in [6.45, 7) is 3.21. The molecule has 1 fully saturated rings. The molecule has 2 N–H and O–H groups in total. The Morgan fingerprint density at radius 2 is 2.00 bits per heavy atom. The van der Waals surface area contributed by atoms with Crippen LogP contribution in [-0.2, 0) is 0 Å². The average molecular weight is 141 g/mol. The minimum atomic E-state index is 0.846. The number of hydrogen-bond donors (Lipinski definition) is 1. The Hall–Kier alpha value is -0.0400. The van der Waals surface area contributed by atoms with E-state index in [1.807, 2.05) is 0 Å². The highest BCUT2D eigenvalue weighted by Gasteiger charge is 2.18. The van der Waals surface area contributed by atoms with Gasteiger partial charge in [0.1, 0.15) is 0 Å². The van der Waals surface area contributed by atoms with Crippen molar-refractivity contribution in [1.29, 1.82) is 0 Å². The molecule has 1 unspecified atom stereocenters. The Labute approximate surface area is 64.0 Å². The molecule has 60 valence electrons. The minimum Gasteiger partial charge on any atom is -0.330 e. The van der Waals surface area contributed by atoms with Crippen molar-refractivity contribution in [2.45, 2.75) is 39.0 Å². The molecule has 0 saturated heterocycles. The van der Waals surface area contributed by atoms with Gasteiger partial charge in [-0.05, 0) is 31.2 Å². The predicted molar refractivity (Wildman–Crippen MR) is 44.8 cm³/mol. The molecule has 0 aromatic rings. The monoisotopic (exact) mass is 141 g/mol. The normalized spacial score (nSPS) is 34.2. The van der Waals surface area contributed by atoms with E-state index >= 15 is 0 Å². The van der Waals surface area contributed by atoms with Gasteiger partial charge in [-0.15, -0.1) is 0 Å². The maximum absolute atomic E-state index is 5.62. The van der Waals surface area contributed by atoms with E-state index in [4.69, 9.17) is 5.73 Å². The Balaban J connectivity index is 2.25. The lowest BCUT2D eigenvalue weighted by molar-refractivity contribution is 0.266. The van der Waals surface area contributed by atoms with Gasteiger partial charge in [-0.25, -0.2) is 0 Å². The van der Waals surface area contributed by atoms with E-state index in [2.05, 4.69) is 6.92 Å². The summed E-state index contributed by atoms with van der Waals surface area (Å²) in [6, 6.07) is 0. The Morgan fingerprint density at radius 3 is 2.60 bits per heavy atom. The van der Waals surface area contributed by atoms with Crippen molar-refractivity contribution in [1.82, 2.24) is 0 Å². The molecule has 1 rings (SSSR count). The Morgan fingerprint density at radius 1 is 1.30 bits per heavy atom. The maximum Gasteiger partial charge on any atom is -0.00488 e. The highest BCUT2D eigenvalue weighted by atomic mass is 14.5.